The van der Waals surface area contributed by atoms with Gasteiger partial charge in [0.05, 0.1) is 5.69 Å². The third kappa shape index (κ3) is 1.84. The van der Waals surface area contributed by atoms with Gasteiger partial charge < -0.3 is 0 Å². The van der Waals surface area contributed by atoms with Crippen LogP contribution < -0.4 is 0 Å². The number of hydrogen-bond acceptors (Lipinski definition) is 4. The van der Waals surface area contributed by atoms with E-state index < -0.39 is 0 Å². The highest BCUT2D eigenvalue weighted by Gasteiger charge is 2.08. The first-order chi connectivity index (χ1) is 7.74. The molecule has 0 aliphatic carbocycles. The van der Waals surface area contributed by atoms with E-state index in [-0.39, 0.29) is 5.82 Å². The van der Waals surface area contributed by atoms with Crippen LogP contribution in [0.1, 0.15) is 28.8 Å². The van der Waals surface area contributed by atoms with Crippen molar-refractivity contribution in [3.63, 3.8) is 0 Å². The molecule has 0 aliphatic rings. The molecule has 2 aromatic rings. The molecule has 0 aromatic carbocycles. The first-order valence-corrected chi connectivity index (χ1v) is 5.08. The van der Waals surface area contributed by atoms with E-state index in [1.54, 1.807) is 10.9 Å². The lowest BCUT2D eigenvalue weighted by Crippen LogP contribution is -2.07. The maximum atomic E-state index is 10.6. The predicted molar refractivity (Wildman–Crippen MR) is 58.7 cm³/mol. The van der Waals surface area contributed by atoms with Gasteiger partial charge in [-0.2, -0.15) is 5.10 Å². The Kier molecular flexibility index (Phi) is 2.76. The lowest BCUT2D eigenvalue weighted by Gasteiger charge is -2.06. The quantitative estimate of drug-likeness (QED) is 0.726. The molecule has 5 nitrogen and oxygen atoms in total. The smallest absolute Gasteiger partial charge is 0.194 e. The van der Waals surface area contributed by atoms with Gasteiger partial charge >= 0.3 is 0 Å². The van der Waals surface area contributed by atoms with E-state index in [4.69, 9.17) is 0 Å². The van der Waals surface area contributed by atoms with E-state index in [0.29, 0.717) is 12.1 Å². The maximum Gasteiger partial charge on any atom is 0.194 e. The largest absolute Gasteiger partial charge is 0.294 e. The molecule has 0 N–H and O–H groups in total. The third-order valence-corrected chi connectivity index (χ3v) is 2.29. The molecule has 2 rings (SSSR count). The molecule has 5 heteroatoms. The summed E-state index contributed by atoms with van der Waals surface area (Å²) in [4.78, 5) is 18.7. The minimum Gasteiger partial charge on any atom is -0.294 e. The van der Waals surface area contributed by atoms with Gasteiger partial charge in [0, 0.05) is 18.0 Å². The molecule has 0 spiro atoms. The lowest BCUT2D eigenvalue weighted by atomic mass is 10.2. The van der Waals surface area contributed by atoms with E-state index in [1.807, 2.05) is 26.1 Å². The lowest BCUT2D eigenvalue weighted by molar-refractivity contribution is 0.111. The Hall–Kier alpha value is -2.04. The molecule has 0 saturated heterocycles. The van der Waals surface area contributed by atoms with Crippen molar-refractivity contribution >= 4 is 6.29 Å². The minimum absolute atomic E-state index is 0.181. The summed E-state index contributed by atoms with van der Waals surface area (Å²) in [5.41, 5.74) is 1.88. The summed E-state index contributed by atoms with van der Waals surface area (Å²) in [6, 6.07) is 1.89. The fraction of sp³-hybridized carbons (Fsp3) is 0.273. The number of aldehydes is 1. The van der Waals surface area contributed by atoms with Crippen LogP contribution in [0.2, 0.25) is 0 Å². The average molecular weight is 216 g/mol. The van der Waals surface area contributed by atoms with Gasteiger partial charge in [-0.3, -0.25) is 4.79 Å². The first-order valence-electron chi connectivity index (χ1n) is 5.08. The molecular weight excluding hydrogens is 204 g/mol. The fourth-order valence-electron chi connectivity index (χ4n) is 1.45. The van der Waals surface area contributed by atoms with Crippen LogP contribution in [0.4, 0.5) is 0 Å². The molecule has 0 fully saturated rings. The highest BCUT2D eigenvalue weighted by Crippen LogP contribution is 2.11. The minimum atomic E-state index is 0.181. The van der Waals surface area contributed by atoms with Gasteiger partial charge in [0.2, 0.25) is 0 Å². The highest BCUT2D eigenvalue weighted by atomic mass is 16.1. The summed E-state index contributed by atoms with van der Waals surface area (Å²) in [5, 5.41) is 4.28. The Morgan fingerprint density at radius 3 is 2.88 bits per heavy atom. The summed E-state index contributed by atoms with van der Waals surface area (Å²) in [7, 11) is 0. The van der Waals surface area contributed by atoms with Crippen molar-refractivity contribution in [2.45, 2.75) is 20.3 Å². The second-order valence-electron chi connectivity index (χ2n) is 3.45. The Bertz CT molecular complexity index is 518. The van der Waals surface area contributed by atoms with Crippen molar-refractivity contribution in [2.75, 3.05) is 0 Å². The van der Waals surface area contributed by atoms with Crippen LogP contribution in [0.15, 0.2) is 18.5 Å². The van der Waals surface area contributed by atoms with Crippen LogP contribution in [-0.4, -0.2) is 26.0 Å². The van der Waals surface area contributed by atoms with Crippen LogP contribution in [-0.2, 0) is 6.42 Å². The molecule has 16 heavy (non-hydrogen) atoms. The molecule has 0 atom stereocenters. The Balaban J connectivity index is 2.56. The summed E-state index contributed by atoms with van der Waals surface area (Å²) in [6.45, 7) is 3.92. The fourth-order valence-corrected chi connectivity index (χ4v) is 1.45. The summed E-state index contributed by atoms with van der Waals surface area (Å²) in [6.07, 6.45) is 4.93. The Labute approximate surface area is 93.2 Å². The van der Waals surface area contributed by atoms with Gasteiger partial charge in [0.1, 0.15) is 0 Å². The van der Waals surface area contributed by atoms with E-state index >= 15 is 0 Å². The van der Waals surface area contributed by atoms with Gasteiger partial charge in [0.25, 0.3) is 0 Å². The first kappa shape index (κ1) is 10.5. The number of aromatic nitrogens is 4. The van der Waals surface area contributed by atoms with Crippen molar-refractivity contribution in [3.8, 4) is 5.82 Å². The monoisotopic (exact) mass is 216 g/mol. The summed E-state index contributed by atoms with van der Waals surface area (Å²) < 4.78 is 1.67. The van der Waals surface area contributed by atoms with E-state index in [0.717, 1.165) is 17.7 Å². The van der Waals surface area contributed by atoms with Crippen molar-refractivity contribution in [2.24, 2.45) is 0 Å². The molecule has 0 aliphatic heterocycles. The molecule has 0 saturated carbocycles. The van der Waals surface area contributed by atoms with Crippen LogP contribution >= 0.6 is 0 Å². The van der Waals surface area contributed by atoms with Gasteiger partial charge in [-0.1, -0.05) is 6.92 Å². The number of rotatable bonds is 3. The van der Waals surface area contributed by atoms with E-state index in [2.05, 4.69) is 15.1 Å². The second kappa shape index (κ2) is 4.22. The predicted octanol–water partition coefficient (Wildman–Crippen LogP) is 1.35. The van der Waals surface area contributed by atoms with Gasteiger partial charge in [-0.25, -0.2) is 14.6 Å². The van der Waals surface area contributed by atoms with E-state index in [9.17, 15) is 4.79 Å². The number of carbonyl (C=O) groups is 1. The molecule has 0 amide bonds. The molecule has 82 valence electrons. The highest BCUT2D eigenvalue weighted by molar-refractivity contribution is 5.69. The molecule has 0 bridgehead atoms. The molecule has 0 unspecified atom stereocenters. The van der Waals surface area contributed by atoms with E-state index in [1.165, 1.54) is 0 Å². The number of carbonyl (C=O) groups excluding carboxylic acids is 1. The standard InChI is InChI=1S/C11H12N4O/c1-3-9-6-12-10(7-16)13-11(9)15-5-4-8(2)14-15/h4-7H,3H2,1-2H3. The van der Waals surface area contributed by atoms with Crippen LogP contribution in [0.25, 0.3) is 5.82 Å². The Morgan fingerprint density at radius 1 is 1.50 bits per heavy atom. The van der Waals surface area contributed by atoms with Crippen molar-refractivity contribution in [1.82, 2.24) is 19.7 Å². The average Bonchev–Trinajstić information content (AvgIpc) is 2.75. The molecular formula is C11H12N4O. The van der Waals surface area contributed by atoms with Crippen molar-refractivity contribution in [1.29, 1.82) is 0 Å². The zero-order valence-electron chi connectivity index (χ0n) is 9.21. The Morgan fingerprint density at radius 2 is 2.31 bits per heavy atom. The van der Waals surface area contributed by atoms with Crippen LogP contribution in [0.3, 0.4) is 0 Å². The molecule has 2 aromatic heterocycles. The van der Waals surface area contributed by atoms with Gasteiger partial charge in [0.15, 0.2) is 17.9 Å². The SMILES string of the molecule is CCc1cnc(C=O)nc1-n1ccc(C)n1. The van der Waals surface area contributed by atoms with Crippen molar-refractivity contribution in [3.05, 3.63) is 35.5 Å². The summed E-state index contributed by atoms with van der Waals surface area (Å²) in [5.74, 6) is 0.855. The molecule has 2 heterocycles. The number of aryl methyl sites for hydroxylation is 2. The zero-order chi connectivity index (χ0) is 11.5. The van der Waals surface area contributed by atoms with Gasteiger partial charge in [-0.05, 0) is 19.4 Å². The number of hydrogen-bond donors (Lipinski definition) is 0. The van der Waals surface area contributed by atoms with Gasteiger partial charge in [-0.15, -0.1) is 0 Å². The second-order valence-corrected chi connectivity index (χ2v) is 3.45. The van der Waals surface area contributed by atoms with Crippen LogP contribution in [0, 0.1) is 6.92 Å². The normalized spacial score (nSPS) is 10.4. The number of nitrogens with zero attached hydrogens (tertiary/aromatic N) is 4. The topological polar surface area (TPSA) is 60.7 Å². The summed E-state index contributed by atoms with van der Waals surface area (Å²) >= 11 is 0. The van der Waals surface area contributed by atoms with Crippen molar-refractivity contribution < 1.29 is 4.79 Å². The third-order valence-electron chi connectivity index (χ3n) is 2.29. The molecule has 0 radical (unpaired) electrons. The zero-order valence-corrected chi connectivity index (χ0v) is 9.21. The van der Waals surface area contributed by atoms with Crippen LogP contribution in [0.5, 0.6) is 0 Å². The maximum absolute atomic E-state index is 10.6.